The molecule has 1 amide bonds. The second-order valence-corrected chi connectivity index (χ2v) is 5.07. The number of aliphatic carboxylic acids is 1. The third-order valence-corrected chi connectivity index (χ3v) is 3.21. The largest absolute Gasteiger partial charge is 0.480 e. The fourth-order valence-electron chi connectivity index (χ4n) is 2.18. The zero-order valence-corrected chi connectivity index (χ0v) is 12.7. The summed E-state index contributed by atoms with van der Waals surface area (Å²) in [6.45, 7) is 3.95. The Bertz CT molecular complexity index is 662. The zero-order valence-electron chi connectivity index (χ0n) is 12.7. The predicted molar refractivity (Wildman–Crippen MR) is 82.1 cm³/mol. The lowest BCUT2D eigenvalue weighted by molar-refractivity contribution is -0.137. The summed E-state index contributed by atoms with van der Waals surface area (Å²) in [5.41, 5.74) is 2.24. The van der Waals surface area contributed by atoms with Crippen molar-refractivity contribution in [3.63, 3.8) is 0 Å². The standard InChI is InChI=1S/C16H19N3O3/c1-3-9-18(11-15(20)21)16(22)13-4-6-14(7-5-13)19-10-8-12(2)17-19/h4-8,10H,3,9,11H2,1-2H3,(H,20,21). The van der Waals surface area contributed by atoms with Gasteiger partial charge in [-0.25, -0.2) is 4.68 Å². The summed E-state index contributed by atoms with van der Waals surface area (Å²) in [4.78, 5) is 24.6. The molecule has 6 nitrogen and oxygen atoms in total. The highest BCUT2D eigenvalue weighted by Gasteiger charge is 2.17. The maximum absolute atomic E-state index is 12.4. The molecular weight excluding hydrogens is 282 g/mol. The SMILES string of the molecule is CCCN(CC(=O)O)C(=O)c1ccc(-n2ccc(C)n2)cc1. The topological polar surface area (TPSA) is 75.4 Å². The minimum atomic E-state index is -1.01. The fraction of sp³-hybridized carbons (Fsp3) is 0.312. The number of benzene rings is 1. The van der Waals surface area contributed by atoms with Gasteiger partial charge in [0.1, 0.15) is 6.54 Å². The smallest absolute Gasteiger partial charge is 0.323 e. The second-order valence-electron chi connectivity index (χ2n) is 5.07. The summed E-state index contributed by atoms with van der Waals surface area (Å²) in [5.74, 6) is -1.28. The summed E-state index contributed by atoms with van der Waals surface area (Å²) in [6, 6.07) is 8.88. The lowest BCUT2D eigenvalue weighted by atomic mass is 10.1. The Balaban J connectivity index is 2.17. The van der Waals surface area contributed by atoms with Gasteiger partial charge in [0.05, 0.1) is 11.4 Å². The van der Waals surface area contributed by atoms with E-state index in [1.165, 1.54) is 4.90 Å². The highest BCUT2D eigenvalue weighted by molar-refractivity contribution is 5.96. The molecule has 0 saturated heterocycles. The number of amides is 1. The first-order chi connectivity index (χ1) is 10.5. The molecule has 0 bridgehead atoms. The molecule has 0 radical (unpaired) electrons. The lowest BCUT2D eigenvalue weighted by Crippen LogP contribution is -2.36. The van der Waals surface area contributed by atoms with E-state index in [2.05, 4.69) is 5.10 Å². The van der Waals surface area contributed by atoms with E-state index in [9.17, 15) is 9.59 Å². The molecule has 0 saturated carbocycles. The number of carbonyl (C=O) groups is 2. The van der Waals surface area contributed by atoms with Gasteiger partial charge >= 0.3 is 5.97 Å². The molecule has 2 rings (SSSR count). The van der Waals surface area contributed by atoms with Crippen LogP contribution >= 0.6 is 0 Å². The molecule has 0 atom stereocenters. The maximum Gasteiger partial charge on any atom is 0.323 e. The number of aromatic nitrogens is 2. The van der Waals surface area contributed by atoms with Crippen molar-refractivity contribution in [1.29, 1.82) is 0 Å². The van der Waals surface area contributed by atoms with Crippen molar-refractivity contribution in [1.82, 2.24) is 14.7 Å². The van der Waals surface area contributed by atoms with E-state index >= 15 is 0 Å². The molecule has 1 heterocycles. The summed E-state index contributed by atoms with van der Waals surface area (Å²) < 4.78 is 1.73. The third kappa shape index (κ3) is 3.72. The van der Waals surface area contributed by atoms with E-state index in [1.807, 2.05) is 26.1 Å². The Labute approximate surface area is 129 Å². The predicted octanol–water partition coefficient (Wildman–Crippen LogP) is 2.12. The first-order valence-corrected chi connectivity index (χ1v) is 7.15. The monoisotopic (exact) mass is 301 g/mol. The van der Waals surface area contributed by atoms with Crippen LogP contribution in [0.2, 0.25) is 0 Å². The Hall–Kier alpha value is -2.63. The summed E-state index contributed by atoms with van der Waals surface area (Å²) >= 11 is 0. The van der Waals surface area contributed by atoms with Gasteiger partial charge in [-0.1, -0.05) is 6.92 Å². The van der Waals surface area contributed by atoms with Gasteiger partial charge in [0.2, 0.25) is 0 Å². The first kappa shape index (κ1) is 15.8. The van der Waals surface area contributed by atoms with Gasteiger partial charge in [-0.2, -0.15) is 5.10 Å². The van der Waals surface area contributed by atoms with Crippen LogP contribution < -0.4 is 0 Å². The van der Waals surface area contributed by atoms with Crippen LogP contribution in [-0.2, 0) is 4.79 Å². The van der Waals surface area contributed by atoms with Crippen LogP contribution in [0.5, 0.6) is 0 Å². The van der Waals surface area contributed by atoms with Crippen molar-refractivity contribution in [2.24, 2.45) is 0 Å². The molecule has 0 fully saturated rings. The molecule has 0 aliphatic rings. The number of hydrogen-bond donors (Lipinski definition) is 1. The molecule has 6 heteroatoms. The number of aryl methyl sites for hydroxylation is 1. The molecule has 116 valence electrons. The van der Waals surface area contributed by atoms with Gasteiger partial charge in [0, 0.05) is 18.3 Å². The number of carboxylic acids is 1. The number of nitrogens with zero attached hydrogens (tertiary/aromatic N) is 3. The Morgan fingerprint density at radius 1 is 1.23 bits per heavy atom. The minimum absolute atomic E-state index is 0.271. The van der Waals surface area contributed by atoms with Gasteiger partial charge in [-0.15, -0.1) is 0 Å². The zero-order chi connectivity index (χ0) is 16.1. The number of carbonyl (C=O) groups excluding carboxylic acids is 1. The molecule has 1 N–H and O–H groups in total. The van der Waals surface area contributed by atoms with Crippen molar-refractivity contribution < 1.29 is 14.7 Å². The van der Waals surface area contributed by atoms with E-state index < -0.39 is 5.97 Å². The molecule has 22 heavy (non-hydrogen) atoms. The highest BCUT2D eigenvalue weighted by atomic mass is 16.4. The maximum atomic E-state index is 12.4. The van der Waals surface area contributed by atoms with Crippen LogP contribution in [0.15, 0.2) is 36.5 Å². The molecule has 0 spiro atoms. The number of carboxylic acid groups (broad SMARTS) is 1. The van der Waals surface area contributed by atoms with Crippen molar-refractivity contribution in [2.45, 2.75) is 20.3 Å². The van der Waals surface area contributed by atoms with Crippen LogP contribution in [0.1, 0.15) is 29.4 Å². The summed E-state index contributed by atoms with van der Waals surface area (Å²) in [7, 11) is 0. The molecule has 1 aromatic carbocycles. The molecule has 0 unspecified atom stereocenters. The Morgan fingerprint density at radius 3 is 2.41 bits per heavy atom. The second kappa shape index (κ2) is 6.89. The van der Waals surface area contributed by atoms with Gasteiger partial charge in [-0.05, 0) is 43.7 Å². The van der Waals surface area contributed by atoms with Crippen LogP contribution in [0.4, 0.5) is 0 Å². The number of rotatable bonds is 6. The normalized spacial score (nSPS) is 10.5. The third-order valence-electron chi connectivity index (χ3n) is 3.21. The van der Waals surface area contributed by atoms with Crippen LogP contribution in [0, 0.1) is 6.92 Å². The van der Waals surface area contributed by atoms with Crippen molar-refractivity contribution in [3.05, 3.63) is 47.8 Å². The molecule has 0 aliphatic carbocycles. The Morgan fingerprint density at radius 2 is 1.91 bits per heavy atom. The first-order valence-electron chi connectivity index (χ1n) is 7.15. The Kier molecular flexibility index (Phi) is 4.93. The number of hydrogen-bond acceptors (Lipinski definition) is 3. The summed E-state index contributed by atoms with van der Waals surface area (Å²) in [6.07, 6.45) is 2.56. The lowest BCUT2D eigenvalue weighted by Gasteiger charge is -2.20. The van der Waals surface area contributed by atoms with Gasteiger partial charge in [0.25, 0.3) is 5.91 Å². The highest BCUT2D eigenvalue weighted by Crippen LogP contribution is 2.12. The molecular formula is C16H19N3O3. The van der Waals surface area contributed by atoms with Crippen molar-refractivity contribution in [2.75, 3.05) is 13.1 Å². The van der Waals surface area contributed by atoms with Crippen LogP contribution in [0.3, 0.4) is 0 Å². The average molecular weight is 301 g/mol. The quantitative estimate of drug-likeness (QED) is 0.886. The van der Waals surface area contributed by atoms with E-state index in [0.717, 1.165) is 11.4 Å². The van der Waals surface area contributed by atoms with Crippen molar-refractivity contribution >= 4 is 11.9 Å². The van der Waals surface area contributed by atoms with E-state index in [-0.39, 0.29) is 12.5 Å². The summed E-state index contributed by atoms with van der Waals surface area (Å²) in [5, 5.41) is 13.2. The minimum Gasteiger partial charge on any atom is -0.480 e. The molecule has 0 aliphatic heterocycles. The molecule has 1 aromatic heterocycles. The van der Waals surface area contributed by atoms with E-state index in [1.54, 1.807) is 28.9 Å². The van der Waals surface area contributed by atoms with Crippen LogP contribution in [0.25, 0.3) is 5.69 Å². The van der Waals surface area contributed by atoms with Gasteiger partial charge in [0.15, 0.2) is 0 Å². The van der Waals surface area contributed by atoms with E-state index in [0.29, 0.717) is 18.5 Å². The fourth-order valence-corrected chi connectivity index (χ4v) is 2.18. The average Bonchev–Trinajstić information content (AvgIpc) is 2.92. The van der Waals surface area contributed by atoms with Crippen LogP contribution in [-0.4, -0.2) is 44.8 Å². The molecule has 2 aromatic rings. The van der Waals surface area contributed by atoms with Gasteiger partial charge < -0.3 is 10.0 Å². The van der Waals surface area contributed by atoms with E-state index in [4.69, 9.17) is 5.11 Å². The van der Waals surface area contributed by atoms with Crippen molar-refractivity contribution in [3.8, 4) is 5.69 Å². The van der Waals surface area contributed by atoms with Gasteiger partial charge in [-0.3, -0.25) is 9.59 Å².